The number of rotatable bonds is 5. The molecule has 1 N–H and O–H groups in total. The Hall–Kier alpha value is -2.76. The minimum Gasteiger partial charge on any atom is -0.260 e. The van der Waals surface area contributed by atoms with Gasteiger partial charge in [0.15, 0.2) is 11.5 Å². The van der Waals surface area contributed by atoms with Gasteiger partial charge >= 0.3 is 0 Å². The van der Waals surface area contributed by atoms with Crippen molar-refractivity contribution < 1.29 is 0 Å². The van der Waals surface area contributed by atoms with Crippen LogP contribution in [-0.2, 0) is 6.42 Å². The highest BCUT2D eigenvalue weighted by molar-refractivity contribution is 5.59. The highest BCUT2D eigenvalue weighted by atomic mass is 15.4. The van der Waals surface area contributed by atoms with Gasteiger partial charge in [0.05, 0.1) is 0 Å². The molecule has 2 heterocycles. The summed E-state index contributed by atoms with van der Waals surface area (Å²) in [5.74, 6) is 0.660. The van der Waals surface area contributed by atoms with E-state index in [1.807, 2.05) is 36.5 Å². The first-order chi connectivity index (χ1) is 9.92. The largest absolute Gasteiger partial charge is 0.260 e. The molecular weight excluding hydrogens is 252 g/mol. The lowest BCUT2D eigenvalue weighted by Gasteiger charge is -1.99. The molecule has 0 radical (unpaired) electrons. The van der Waals surface area contributed by atoms with Crippen LogP contribution in [-0.4, -0.2) is 26.0 Å². The molecule has 0 aliphatic rings. The second-order valence-electron chi connectivity index (χ2n) is 4.30. The van der Waals surface area contributed by atoms with Crippen molar-refractivity contribution in [2.45, 2.75) is 12.8 Å². The Balaban J connectivity index is 1.52. The maximum absolute atomic E-state index is 4.26. The summed E-state index contributed by atoms with van der Waals surface area (Å²) < 4.78 is 1.60. The number of aromatic nitrogens is 4. The number of hydrogen-bond donors (Lipinski definition) is 1. The Bertz CT molecular complexity index is 704. The zero-order valence-electron chi connectivity index (χ0n) is 10.8. The van der Waals surface area contributed by atoms with E-state index in [1.165, 1.54) is 5.56 Å². The van der Waals surface area contributed by atoms with Crippen LogP contribution < -0.4 is 5.43 Å². The smallest absolute Gasteiger partial charge is 0.177 e. The number of fused-ring (bicyclic) bond motifs is 1. The predicted molar refractivity (Wildman–Crippen MR) is 77.7 cm³/mol. The molecule has 1 aromatic carbocycles. The molecule has 6 nitrogen and oxygen atoms in total. The molecule has 6 heteroatoms. The van der Waals surface area contributed by atoms with Crippen molar-refractivity contribution in [2.75, 3.05) is 5.43 Å². The molecule has 0 aliphatic heterocycles. The van der Waals surface area contributed by atoms with Gasteiger partial charge in [-0.1, -0.05) is 30.3 Å². The van der Waals surface area contributed by atoms with Gasteiger partial charge in [0.1, 0.15) is 6.33 Å². The van der Waals surface area contributed by atoms with E-state index in [9.17, 15) is 0 Å². The van der Waals surface area contributed by atoms with Crippen molar-refractivity contribution in [3.8, 4) is 0 Å². The molecule has 0 unspecified atom stereocenters. The fraction of sp³-hybridized carbons (Fsp3) is 0.143. The van der Waals surface area contributed by atoms with Crippen LogP contribution in [0.1, 0.15) is 12.0 Å². The summed E-state index contributed by atoms with van der Waals surface area (Å²) in [4.78, 5) is 0. The van der Waals surface area contributed by atoms with Gasteiger partial charge < -0.3 is 0 Å². The fourth-order valence-corrected chi connectivity index (χ4v) is 1.84. The number of aryl methyl sites for hydroxylation is 1. The van der Waals surface area contributed by atoms with Crippen LogP contribution in [0, 0.1) is 0 Å². The van der Waals surface area contributed by atoms with E-state index >= 15 is 0 Å². The van der Waals surface area contributed by atoms with Crippen LogP contribution in [0.2, 0.25) is 0 Å². The van der Waals surface area contributed by atoms with Gasteiger partial charge in [0, 0.05) is 6.21 Å². The Labute approximate surface area is 116 Å². The third-order valence-corrected chi connectivity index (χ3v) is 2.84. The number of hydrazone groups is 1. The highest BCUT2D eigenvalue weighted by Crippen LogP contribution is 2.04. The molecule has 0 spiro atoms. The van der Waals surface area contributed by atoms with Gasteiger partial charge in [-0.05, 0) is 30.5 Å². The summed E-state index contributed by atoms with van der Waals surface area (Å²) in [6.07, 6.45) is 5.26. The molecule has 0 saturated heterocycles. The minimum absolute atomic E-state index is 0.660. The zero-order chi connectivity index (χ0) is 13.6. The van der Waals surface area contributed by atoms with Gasteiger partial charge in [0.25, 0.3) is 0 Å². The quantitative estimate of drug-likeness (QED) is 0.567. The average Bonchev–Trinajstić information content (AvgIpc) is 2.95. The Kier molecular flexibility index (Phi) is 3.64. The molecule has 0 atom stereocenters. The molecule has 100 valence electrons. The van der Waals surface area contributed by atoms with Gasteiger partial charge in [-0.15, -0.1) is 15.3 Å². The molecule has 0 aliphatic carbocycles. The number of anilines is 1. The summed E-state index contributed by atoms with van der Waals surface area (Å²) in [5.41, 5.74) is 4.91. The van der Waals surface area contributed by atoms with Gasteiger partial charge in [-0.2, -0.15) is 9.62 Å². The second-order valence-corrected chi connectivity index (χ2v) is 4.30. The molecule has 0 bridgehead atoms. The molecular formula is C14H14N6. The number of nitrogens with one attached hydrogen (secondary N) is 1. The predicted octanol–water partition coefficient (Wildman–Crippen LogP) is 2.15. The lowest BCUT2D eigenvalue weighted by molar-refractivity contribution is 0.924. The van der Waals surface area contributed by atoms with Crippen molar-refractivity contribution >= 4 is 17.7 Å². The van der Waals surface area contributed by atoms with Gasteiger partial charge in [-0.25, -0.2) is 0 Å². The molecule has 3 aromatic rings. The normalized spacial score (nSPS) is 11.2. The molecule has 20 heavy (non-hydrogen) atoms. The van der Waals surface area contributed by atoms with E-state index in [1.54, 1.807) is 10.8 Å². The first-order valence-corrected chi connectivity index (χ1v) is 6.40. The van der Waals surface area contributed by atoms with E-state index in [0.29, 0.717) is 11.5 Å². The van der Waals surface area contributed by atoms with Crippen molar-refractivity contribution in [3.63, 3.8) is 0 Å². The zero-order valence-corrected chi connectivity index (χ0v) is 10.8. The summed E-state index contributed by atoms with van der Waals surface area (Å²) >= 11 is 0. The third kappa shape index (κ3) is 2.97. The SMILES string of the molecule is C(/CCc1ccccc1)=N\Nc1ccc2nncn2n1. The van der Waals surface area contributed by atoms with Crippen molar-refractivity contribution in [1.29, 1.82) is 0 Å². The number of benzene rings is 1. The second kappa shape index (κ2) is 5.92. The van der Waals surface area contributed by atoms with Crippen LogP contribution in [0.15, 0.2) is 53.9 Å². The van der Waals surface area contributed by atoms with E-state index in [-0.39, 0.29) is 0 Å². The van der Waals surface area contributed by atoms with Crippen LogP contribution >= 0.6 is 0 Å². The van der Waals surface area contributed by atoms with Crippen LogP contribution in [0.25, 0.3) is 5.65 Å². The number of nitrogens with zero attached hydrogens (tertiary/aromatic N) is 5. The Morgan fingerprint density at radius 3 is 2.95 bits per heavy atom. The van der Waals surface area contributed by atoms with E-state index in [4.69, 9.17) is 0 Å². The molecule has 0 saturated carbocycles. The Morgan fingerprint density at radius 2 is 2.05 bits per heavy atom. The van der Waals surface area contributed by atoms with Crippen molar-refractivity contribution in [1.82, 2.24) is 19.8 Å². The maximum Gasteiger partial charge on any atom is 0.177 e. The van der Waals surface area contributed by atoms with E-state index in [0.717, 1.165) is 12.8 Å². The molecule has 2 aromatic heterocycles. The molecule has 0 amide bonds. The maximum atomic E-state index is 4.26. The molecule has 0 fully saturated rings. The minimum atomic E-state index is 0.660. The van der Waals surface area contributed by atoms with Crippen LogP contribution in [0.5, 0.6) is 0 Å². The summed E-state index contributed by atoms with van der Waals surface area (Å²) in [6.45, 7) is 0. The van der Waals surface area contributed by atoms with Gasteiger partial charge in [-0.3, -0.25) is 5.43 Å². The Morgan fingerprint density at radius 1 is 1.15 bits per heavy atom. The van der Waals surface area contributed by atoms with Crippen LogP contribution in [0.4, 0.5) is 5.82 Å². The van der Waals surface area contributed by atoms with Crippen molar-refractivity contribution in [2.24, 2.45) is 5.10 Å². The third-order valence-electron chi connectivity index (χ3n) is 2.84. The average molecular weight is 266 g/mol. The van der Waals surface area contributed by atoms with Gasteiger partial charge in [0.2, 0.25) is 0 Å². The lowest BCUT2D eigenvalue weighted by Crippen LogP contribution is -1.98. The highest BCUT2D eigenvalue weighted by Gasteiger charge is 1.97. The summed E-state index contributed by atoms with van der Waals surface area (Å²) in [6, 6.07) is 14.0. The topological polar surface area (TPSA) is 67.5 Å². The van der Waals surface area contributed by atoms with E-state index in [2.05, 4.69) is 38.0 Å². The summed E-state index contributed by atoms with van der Waals surface area (Å²) in [7, 11) is 0. The first-order valence-electron chi connectivity index (χ1n) is 6.40. The lowest BCUT2D eigenvalue weighted by atomic mass is 10.1. The first kappa shape index (κ1) is 12.3. The monoisotopic (exact) mass is 266 g/mol. The summed E-state index contributed by atoms with van der Waals surface area (Å²) in [5, 5.41) is 16.1. The van der Waals surface area contributed by atoms with Crippen LogP contribution in [0.3, 0.4) is 0 Å². The molecule has 3 rings (SSSR count). The fourth-order valence-electron chi connectivity index (χ4n) is 1.84. The standard InChI is InChI=1S/C14H14N6/c1-2-5-12(6-3-1)7-4-10-15-17-13-8-9-14-18-16-11-20(14)19-13/h1-3,5-6,8-11H,4,7H2,(H,17,19)/b15-10+. The number of hydrogen-bond acceptors (Lipinski definition) is 5. The van der Waals surface area contributed by atoms with E-state index < -0.39 is 0 Å². The van der Waals surface area contributed by atoms with Crippen molar-refractivity contribution in [3.05, 3.63) is 54.4 Å².